The molecule has 1 aliphatic heterocycles. The Balaban J connectivity index is 1.78. The highest BCUT2D eigenvalue weighted by Gasteiger charge is 2.27. The van der Waals surface area contributed by atoms with Gasteiger partial charge in [-0.25, -0.2) is 0 Å². The van der Waals surface area contributed by atoms with Gasteiger partial charge in [-0.2, -0.15) is 0 Å². The number of rotatable bonds is 3. The number of benzene rings is 2. The van der Waals surface area contributed by atoms with Crippen molar-refractivity contribution in [2.75, 3.05) is 6.54 Å². The number of hydrogen-bond acceptors (Lipinski definition) is 2. The van der Waals surface area contributed by atoms with Crippen molar-refractivity contribution in [3.63, 3.8) is 0 Å². The number of ether oxygens (including phenoxy) is 1. The van der Waals surface area contributed by atoms with E-state index in [0.717, 1.165) is 18.7 Å². The van der Waals surface area contributed by atoms with Gasteiger partial charge >= 0.3 is 0 Å². The molecule has 0 unspecified atom stereocenters. The van der Waals surface area contributed by atoms with E-state index in [1.54, 1.807) is 0 Å². The first-order valence-corrected chi connectivity index (χ1v) is 6.93. The molecule has 2 atom stereocenters. The summed E-state index contributed by atoms with van der Waals surface area (Å²) in [5.41, 5.74) is 1.31. The molecular weight excluding hydrogens is 234 g/mol. The largest absolute Gasteiger partial charge is 0.488 e. The second kappa shape index (κ2) is 5.89. The Bertz CT molecular complexity index is 497. The molecule has 1 heterocycles. The van der Waals surface area contributed by atoms with Crippen molar-refractivity contribution in [3.05, 3.63) is 66.2 Å². The molecule has 0 radical (unpaired) electrons. The number of piperidine rings is 1. The Labute approximate surface area is 114 Å². The average Bonchev–Trinajstić information content (AvgIpc) is 2.50. The molecule has 0 amide bonds. The molecule has 0 aromatic heterocycles. The zero-order valence-corrected chi connectivity index (χ0v) is 11.0. The molecule has 2 heteroatoms. The summed E-state index contributed by atoms with van der Waals surface area (Å²) in [6.07, 6.45) is 2.47. The molecular formula is C17H19NO. The van der Waals surface area contributed by atoms with Gasteiger partial charge in [0.05, 0.1) is 6.04 Å². The second-order valence-electron chi connectivity index (χ2n) is 4.95. The van der Waals surface area contributed by atoms with E-state index in [9.17, 15) is 0 Å². The smallest absolute Gasteiger partial charge is 0.119 e. The summed E-state index contributed by atoms with van der Waals surface area (Å²) in [6, 6.07) is 21.0. The molecule has 2 aromatic rings. The highest BCUT2D eigenvalue weighted by Crippen LogP contribution is 2.27. The van der Waals surface area contributed by atoms with Crippen LogP contribution in [-0.4, -0.2) is 12.6 Å². The van der Waals surface area contributed by atoms with Crippen molar-refractivity contribution in [1.82, 2.24) is 5.32 Å². The normalized spacial score (nSPS) is 22.9. The summed E-state index contributed by atoms with van der Waals surface area (Å²) in [4.78, 5) is 0. The number of para-hydroxylation sites is 1. The molecule has 2 nitrogen and oxygen atoms in total. The predicted molar refractivity (Wildman–Crippen MR) is 77.3 cm³/mol. The Morgan fingerprint density at radius 2 is 1.58 bits per heavy atom. The summed E-state index contributed by atoms with van der Waals surface area (Å²) < 4.78 is 6.16. The minimum Gasteiger partial charge on any atom is -0.488 e. The van der Waals surface area contributed by atoms with Crippen LogP contribution >= 0.6 is 0 Å². The van der Waals surface area contributed by atoms with Crippen LogP contribution in [0, 0.1) is 0 Å². The SMILES string of the molecule is c1ccc(O[C@@H]2CCCN[C@@H]2c2ccccc2)cc1. The Kier molecular flexibility index (Phi) is 3.80. The molecule has 2 aromatic carbocycles. The first-order chi connectivity index (χ1) is 9.43. The van der Waals surface area contributed by atoms with E-state index in [1.807, 2.05) is 30.3 Å². The summed E-state index contributed by atoms with van der Waals surface area (Å²) >= 11 is 0. The van der Waals surface area contributed by atoms with Gasteiger partial charge in [-0.05, 0) is 37.1 Å². The maximum atomic E-state index is 6.16. The van der Waals surface area contributed by atoms with Crippen molar-refractivity contribution in [2.45, 2.75) is 25.0 Å². The summed E-state index contributed by atoms with van der Waals surface area (Å²) in [5, 5.41) is 3.58. The van der Waals surface area contributed by atoms with Gasteiger partial charge in [0.1, 0.15) is 11.9 Å². The monoisotopic (exact) mass is 253 g/mol. The highest BCUT2D eigenvalue weighted by molar-refractivity contribution is 5.24. The van der Waals surface area contributed by atoms with E-state index in [1.165, 1.54) is 12.0 Å². The standard InChI is InChI=1S/C17H19NO/c1-3-8-14(9-4-1)17-16(12-7-13-18-17)19-15-10-5-2-6-11-15/h1-6,8-11,16-18H,7,12-13H2/t16-,17-/m1/s1. The third-order valence-corrected chi connectivity index (χ3v) is 3.59. The topological polar surface area (TPSA) is 21.3 Å². The molecule has 0 aliphatic carbocycles. The molecule has 1 aliphatic rings. The van der Waals surface area contributed by atoms with Gasteiger partial charge in [0.15, 0.2) is 0 Å². The van der Waals surface area contributed by atoms with E-state index >= 15 is 0 Å². The fraction of sp³-hybridized carbons (Fsp3) is 0.294. The van der Waals surface area contributed by atoms with Gasteiger partial charge in [0.25, 0.3) is 0 Å². The van der Waals surface area contributed by atoms with E-state index in [2.05, 4.69) is 35.6 Å². The van der Waals surface area contributed by atoms with Crippen LogP contribution < -0.4 is 10.1 Å². The zero-order chi connectivity index (χ0) is 12.9. The second-order valence-corrected chi connectivity index (χ2v) is 4.95. The van der Waals surface area contributed by atoms with Crippen LogP contribution in [0.15, 0.2) is 60.7 Å². The first kappa shape index (κ1) is 12.2. The third kappa shape index (κ3) is 2.96. The maximum Gasteiger partial charge on any atom is 0.119 e. The van der Waals surface area contributed by atoms with Gasteiger partial charge in [-0.1, -0.05) is 48.5 Å². The van der Waals surface area contributed by atoms with Crippen LogP contribution in [0.25, 0.3) is 0 Å². The summed E-state index contributed by atoms with van der Waals surface area (Å²) in [5.74, 6) is 0.956. The van der Waals surface area contributed by atoms with Crippen molar-refractivity contribution < 1.29 is 4.74 Å². The van der Waals surface area contributed by atoms with Crippen molar-refractivity contribution in [1.29, 1.82) is 0 Å². The lowest BCUT2D eigenvalue weighted by Gasteiger charge is -2.33. The van der Waals surface area contributed by atoms with Crippen LogP contribution in [-0.2, 0) is 0 Å². The Morgan fingerprint density at radius 1 is 0.895 bits per heavy atom. The molecule has 0 bridgehead atoms. The minimum absolute atomic E-state index is 0.207. The van der Waals surface area contributed by atoms with Gasteiger partial charge in [-0.15, -0.1) is 0 Å². The Hall–Kier alpha value is -1.80. The van der Waals surface area contributed by atoms with Crippen LogP contribution in [0.3, 0.4) is 0 Å². The molecule has 1 saturated heterocycles. The quantitative estimate of drug-likeness (QED) is 0.903. The van der Waals surface area contributed by atoms with Crippen LogP contribution in [0.4, 0.5) is 0 Å². The fourth-order valence-corrected chi connectivity index (χ4v) is 2.65. The molecule has 1 fully saturated rings. The van der Waals surface area contributed by atoms with Crippen LogP contribution in [0.5, 0.6) is 5.75 Å². The van der Waals surface area contributed by atoms with Gasteiger partial charge in [0.2, 0.25) is 0 Å². The van der Waals surface area contributed by atoms with E-state index in [-0.39, 0.29) is 12.1 Å². The molecule has 0 spiro atoms. The van der Waals surface area contributed by atoms with E-state index in [0.29, 0.717) is 0 Å². The van der Waals surface area contributed by atoms with Crippen molar-refractivity contribution in [2.24, 2.45) is 0 Å². The molecule has 1 N–H and O–H groups in total. The third-order valence-electron chi connectivity index (χ3n) is 3.59. The maximum absolute atomic E-state index is 6.16. The first-order valence-electron chi connectivity index (χ1n) is 6.93. The predicted octanol–water partition coefficient (Wildman–Crippen LogP) is 3.56. The molecule has 0 saturated carbocycles. The highest BCUT2D eigenvalue weighted by atomic mass is 16.5. The lowest BCUT2D eigenvalue weighted by atomic mass is 9.94. The van der Waals surface area contributed by atoms with Gasteiger partial charge < -0.3 is 10.1 Å². The van der Waals surface area contributed by atoms with Crippen LogP contribution in [0.1, 0.15) is 24.4 Å². The van der Waals surface area contributed by atoms with E-state index in [4.69, 9.17) is 4.74 Å². The molecule has 3 rings (SSSR count). The summed E-state index contributed by atoms with van der Waals surface area (Å²) in [6.45, 7) is 1.06. The minimum atomic E-state index is 0.207. The van der Waals surface area contributed by atoms with Crippen molar-refractivity contribution in [3.8, 4) is 5.75 Å². The van der Waals surface area contributed by atoms with E-state index < -0.39 is 0 Å². The van der Waals surface area contributed by atoms with Crippen LogP contribution in [0.2, 0.25) is 0 Å². The fourth-order valence-electron chi connectivity index (χ4n) is 2.65. The zero-order valence-electron chi connectivity index (χ0n) is 11.0. The summed E-state index contributed by atoms with van der Waals surface area (Å²) in [7, 11) is 0. The lowest BCUT2D eigenvalue weighted by Crippen LogP contribution is -2.40. The molecule has 19 heavy (non-hydrogen) atoms. The van der Waals surface area contributed by atoms with Gasteiger partial charge in [-0.3, -0.25) is 0 Å². The lowest BCUT2D eigenvalue weighted by molar-refractivity contribution is 0.120. The average molecular weight is 253 g/mol. The number of nitrogens with one attached hydrogen (secondary N) is 1. The molecule has 98 valence electrons. The Morgan fingerprint density at radius 3 is 2.32 bits per heavy atom. The number of hydrogen-bond donors (Lipinski definition) is 1. The van der Waals surface area contributed by atoms with Gasteiger partial charge in [0, 0.05) is 0 Å². The van der Waals surface area contributed by atoms with Crippen molar-refractivity contribution >= 4 is 0 Å².